The van der Waals surface area contributed by atoms with Crippen LogP contribution in [-0.4, -0.2) is 29.6 Å². The molecular weight excluding hydrogens is 248 g/mol. The Morgan fingerprint density at radius 3 is 2.80 bits per heavy atom. The molecule has 2 aromatic rings. The van der Waals surface area contributed by atoms with Crippen LogP contribution in [0.25, 0.3) is 11.0 Å². The zero-order valence-corrected chi connectivity index (χ0v) is 11.9. The molecule has 0 saturated carbocycles. The van der Waals surface area contributed by atoms with E-state index in [4.69, 9.17) is 4.98 Å². The zero-order chi connectivity index (χ0) is 13.4. The first-order chi connectivity index (χ1) is 9.90. The standard InChI is InChI=1S/C16H22N4/c1-2-9-20(10-3-1)12-6-7-13-15(11-12)19-16(18-13)14-5-4-8-17-14/h6-7,11,14,17H,1-5,8-10H2,(H,18,19). The molecule has 1 atom stereocenters. The number of rotatable bonds is 2. The Hall–Kier alpha value is -1.55. The van der Waals surface area contributed by atoms with Crippen LogP contribution in [0.4, 0.5) is 5.69 Å². The van der Waals surface area contributed by atoms with Gasteiger partial charge in [0.2, 0.25) is 0 Å². The molecule has 2 aliphatic heterocycles. The van der Waals surface area contributed by atoms with Gasteiger partial charge in [-0.05, 0) is 56.8 Å². The molecule has 1 unspecified atom stereocenters. The van der Waals surface area contributed by atoms with Crippen molar-refractivity contribution in [2.45, 2.75) is 38.1 Å². The second-order valence-corrected chi connectivity index (χ2v) is 6.02. The highest BCUT2D eigenvalue weighted by Gasteiger charge is 2.20. The first-order valence-corrected chi connectivity index (χ1v) is 7.88. The number of H-pyrrole nitrogens is 1. The van der Waals surface area contributed by atoms with Gasteiger partial charge >= 0.3 is 0 Å². The Bertz CT molecular complexity index is 592. The molecule has 20 heavy (non-hydrogen) atoms. The molecule has 2 fully saturated rings. The highest BCUT2D eigenvalue weighted by Crippen LogP contribution is 2.27. The Morgan fingerprint density at radius 1 is 1.10 bits per heavy atom. The summed E-state index contributed by atoms with van der Waals surface area (Å²) in [5.74, 6) is 1.10. The number of aromatic amines is 1. The van der Waals surface area contributed by atoms with Crippen LogP contribution in [-0.2, 0) is 0 Å². The lowest BCUT2D eigenvalue weighted by atomic mass is 10.1. The lowest BCUT2D eigenvalue weighted by molar-refractivity contribution is 0.578. The van der Waals surface area contributed by atoms with E-state index in [1.807, 2.05) is 0 Å². The van der Waals surface area contributed by atoms with Crippen molar-refractivity contribution in [1.82, 2.24) is 15.3 Å². The van der Waals surface area contributed by atoms with Crippen LogP contribution in [0.5, 0.6) is 0 Å². The predicted molar refractivity (Wildman–Crippen MR) is 82.1 cm³/mol. The molecule has 3 heterocycles. The number of nitrogens with one attached hydrogen (secondary N) is 2. The van der Waals surface area contributed by atoms with Gasteiger partial charge < -0.3 is 15.2 Å². The number of anilines is 1. The monoisotopic (exact) mass is 270 g/mol. The number of aromatic nitrogens is 2. The smallest absolute Gasteiger partial charge is 0.124 e. The third kappa shape index (κ3) is 2.18. The third-order valence-electron chi connectivity index (χ3n) is 4.60. The first kappa shape index (κ1) is 12.2. The second-order valence-electron chi connectivity index (χ2n) is 6.02. The Kier molecular flexibility index (Phi) is 3.11. The molecular formula is C16H22N4. The fraction of sp³-hybridized carbons (Fsp3) is 0.562. The maximum atomic E-state index is 4.74. The summed E-state index contributed by atoms with van der Waals surface area (Å²) in [6.45, 7) is 3.49. The molecule has 2 saturated heterocycles. The van der Waals surface area contributed by atoms with Gasteiger partial charge in [0.15, 0.2) is 0 Å². The van der Waals surface area contributed by atoms with Crippen LogP contribution >= 0.6 is 0 Å². The SMILES string of the molecule is c1cc2nc(C3CCCN3)[nH]c2cc1N1CCCCC1. The average molecular weight is 270 g/mol. The second kappa shape index (κ2) is 5.09. The van der Waals surface area contributed by atoms with Crippen molar-refractivity contribution in [3.8, 4) is 0 Å². The Labute approximate surface area is 119 Å². The summed E-state index contributed by atoms with van der Waals surface area (Å²) in [6, 6.07) is 7.07. The van der Waals surface area contributed by atoms with Gasteiger partial charge in [-0.2, -0.15) is 0 Å². The molecule has 4 heteroatoms. The number of piperidine rings is 1. The minimum atomic E-state index is 0.417. The highest BCUT2D eigenvalue weighted by atomic mass is 15.1. The van der Waals surface area contributed by atoms with Crippen LogP contribution in [0.3, 0.4) is 0 Å². The first-order valence-electron chi connectivity index (χ1n) is 7.88. The quantitative estimate of drug-likeness (QED) is 0.881. The number of imidazole rings is 1. The maximum absolute atomic E-state index is 4.74. The summed E-state index contributed by atoms with van der Waals surface area (Å²) in [6.07, 6.45) is 6.45. The van der Waals surface area contributed by atoms with Gasteiger partial charge in [-0.25, -0.2) is 4.98 Å². The molecule has 0 radical (unpaired) electrons. The molecule has 2 N–H and O–H groups in total. The fourth-order valence-electron chi connectivity index (χ4n) is 3.45. The average Bonchev–Trinajstić information content (AvgIpc) is 3.16. The summed E-state index contributed by atoms with van der Waals surface area (Å²) in [7, 11) is 0. The van der Waals surface area contributed by atoms with Gasteiger partial charge in [-0.3, -0.25) is 0 Å². The van der Waals surface area contributed by atoms with Crippen LogP contribution < -0.4 is 10.2 Å². The molecule has 0 spiro atoms. The van der Waals surface area contributed by atoms with E-state index in [1.54, 1.807) is 0 Å². The largest absolute Gasteiger partial charge is 0.371 e. The molecule has 106 valence electrons. The van der Waals surface area contributed by atoms with Crippen molar-refractivity contribution in [2.75, 3.05) is 24.5 Å². The van der Waals surface area contributed by atoms with Gasteiger partial charge in [0.25, 0.3) is 0 Å². The van der Waals surface area contributed by atoms with Crippen LogP contribution in [0, 0.1) is 0 Å². The van der Waals surface area contributed by atoms with E-state index in [0.717, 1.165) is 17.9 Å². The van der Waals surface area contributed by atoms with E-state index in [-0.39, 0.29) is 0 Å². The van der Waals surface area contributed by atoms with E-state index in [1.165, 1.54) is 56.4 Å². The Balaban J connectivity index is 1.64. The third-order valence-corrected chi connectivity index (χ3v) is 4.60. The van der Waals surface area contributed by atoms with Crippen molar-refractivity contribution >= 4 is 16.7 Å². The van der Waals surface area contributed by atoms with Crippen molar-refractivity contribution in [1.29, 1.82) is 0 Å². The number of benzene rings is 1. The predicted octanol–water partition coefficient (Wildman–Crippen LogP) is 2.98. The van der Waals surface area contributed by atoms with Gasteiger partial charge in [0.1, 0.15) is 5.82 Å². The molecule has 2 aliphatic rings. The molecule has 1 aromatic heterocycles. The van der Waals surface area contributed by atoms with Gasteiger partial charge in [0.05, 0.1) is 17.1 Å². The molecule has 1 aromatic carbocycles. The minimum absolute atomic E-state index is 0.417. The molecule has 0 amide bonds. The molecule has 0 aliphatic carbocycles. The van der Waals surface area contributed by atoms with E-state index in [2.05, 4.69) is 33.4 Å². The summed E-state index contributed by atoms with van der Waals surface area (Å²) < 4.78 is 0. The van der Waals surface area contributed by atoms with E-state index in [0.29, 0.717) is 6.04 Å². The van der Waals surface area contributed by atoms with Gasteiger partial charge in [0, 0.05) is 18.8 Å². The lowest BCUT2D eigenvalue weighted by Crippen LogP contribution is -2.29. The maximum Gasteiger partial charge on any atom is 0.124 e. The number of hydrogen-bond donors (Lipinski definition) is 2. The number of fused-ring (bicyclic) bond motifs is 1. The normalized spacial score (nSPS) is 23.6. The summed E-state index contributed by atoms with van der Waals surface area (Å²) >= 11 is 0. The Morgan fingerprint density at radius 2 is 2.00 bits per heavy atom. The van der Waals surface area contributed by atoms with Gasteiger partial charge in [-0.15, -0.1) is 0 Å². The number of hydrogen-bond acceptors (Lipinski definition) is 3. The number of nitrogens with zero attached hydrogens (tertiary/aromatic N) is 2. The van der Waals surface area contributed by atoms with E-state index >= 15 is 0 Å². The zero-order valence-electron chi connectivity index (χ0n) is 11.9. The van der Waals surface area contributed by atoms with Crippen molar-refractivity contribution < 1.29 is 0 Å². The van der Waals surface area contributed by atoms with Crippen LogP contribution in [0.1, 0.15) is 44.0 Å². The summed E-state index contributed by atoms with van der Waals surface area (Å²) in [5, 5.41) is 3.51. The van der Waals surface area contributed by atoms with E-state index in [9.17, 15) is 0 Å². The highest BCUT2D eigenvalue weighted by molar-refractivity contribution is 5.79. The summed E-state index contributed by atoms with van der Waals surface area (Å²) in [4.78, 5) is 10.8. The van der Waals surface area contributed by atoms with Crippen molar-refractivity contribution in [3.05, 3.63) is 24.0 Å². The molecule has 4 nitrogen and oxygen atoms in total. The van der Waals surface area contributed by atoms with Crippen molar-refractivity contribution in [3.63, 3.8) is 0 Å². The lowest BCUT2D eigenvalue weighted by Gasteiger charge is -2.28. The van der Waals surface area contributed by atoms with Crippen molar-refractivity contribution in [2.24, 2.45) is 0 Å². The van der Waals surface area contributed by atoms with Crippen LogP contribution in [0.15, 0.2) is 18.2 Å². The topological polar surface area (TPSA) is 44.0 Å². The molecule has 0 bridgehead atoms. The molecule has 4 rings (SSSR count). The van der Waals surface area contributed by atoms with E-state index < -0.39 is 0 Å². The summed E-state index contributed by atoms with van der Waals surface area (Å²) in [5.41, 5.74) is 3.61. The minimum Gasteiger partial charge on any atom is -0.371 e. The fourth-order valence-corrected chi connectivity index (χ4v) is 3.45. The van der Waals surface area contributed by atoms with Gasteiger partial charge in [-0.1, -0.05) is 0 Å². The van der Waals surface area contributed by atoms with Crippen LogP contribution in [0.2, 0.25) is 0 Å².